The minimum atomic E-state index is -0.764. The predicted octanol–water partition coefficient (Wildman–Crippen LogP) is 3.33. The Labute approximate surface area is 179 Å². The summed E-state index contributed by atoms with van der Waals surface area (Å²) < 4.78 is 20.1. The molecule has 2 saturated carbocycles. The van der Waals surface area contributed by atoms with Crippen LogP contribution >= 0.6 is 11.6 Å². The second kappa shape index (κ2) is 7.83. The number of nitrogens with two attached hydrogens (primary N) is 1. The van der Waals surface area contributed by atoms with E-state index in [0.717, 1.165) is 12.8 Å². The zero-order valence-electron chi connectivity index (χ0n) is 17.0. The van der Waals surface area contributed by atoms with Crippen LogP contribution in [0.5, 0.6) is 0 Å². The number of nitrogens with one attached hydrogen (secondary N) is 1. The van der Waals surface area contributed by atoms with Gasteiger partial charge in [0.2, 0.25) is 0 Å². The number of aromatic nitrogens is 2. The number of aryl methyl sites for hydroxylation is 1. The molecule has 1 heterocycles. The average molecular weight is 437 g/mol. The smallest absolute Gasteiger partial charge is 0.261 e. The van der Waals surface area contributed by atoms with Gasteiger partial charge in [-0.25, -0.2) is 4.39 Å². The number of benzene rings is 1. The molecule has 0 radical (unpaired) electrons. The van der Waals surface area contributed by atoms with Crippen LogP contribution in [0.15, 0.2) is 18.2 Å². The van der Waals surface area contributed by atoms with E-state index in [1.165, 1.54) is 22.9 Å². The number of hydrogen-bond donors (Lipinski definition) is 3. The summed E-state index contributed by atoms with van der Waals surface area (Å²) in [6.07, 6.45) is 3.07. The van der Waals surface area contributed by atoms with Gasteiger partial charge in [-0.2, -0.15) is 5.10 Å². The standard InChI is InChI=1S/C21H26ClFN4O3/c1-27-19(24)17(20(28)25-14-3-4-16(23)15(22)7-14)18(26-27)11-5-12-8-21(29,10-30-2)9-13(12)6-11/h3-4,7,11-13,29H,5-6,8-10,24H2,1-2H3,(H,25,28). The topological polar surface area (TPSA) is 102 Å². The number of methoxy groups -OCH3 is 1. The van der Waals surface area contributed by atoms with Gasteiger partial charge in [-0.15, -0.1) is 0 Å². The number of carbonyl (C=O) groups is 1. The number of carbonyl (C=O) groups excluding carboxylic acids is 1. The summed E-state index contributed by atoms with van der Waals surface area (Å²) in [5, 5.41) is 17.9. The van der Waals surface area contributed by atoms with Gasteiger partial charge in [0.25, 0.3) is 5.91 Å². The van der Waals surface area contributed by atoms with E-state index in [-0.39, 0.29) is 16.8 Å². The first-order valence-corrected chi connectivity index (χ1v) is 10.4. The molecule has 4 rings (SSSR count). The molecule has 0 aliphatic heterocycles. The van der Waals surface area contributed by atoms with Crippen molar-refractivity contribution in [2.75, 3.05) is 24.8 Å². The van der Waals surface area contributed by atoms with Crippen molar-refractivity contribution in [3.63, 3.8) is 0 Å². The van der Waals surface area contributed by atoms with Gasteiger partial charge in [0, 0.05) is 25.8 Å². The van der Waals surface area contributed by atoms with E-state index in [1.54, 1.807) is 14.2 Å². The van der Waals surface area contributed by atoms with Crippen molar-refractivity contribution in [2.24, 2.45) is 18.9 Å². The van der Waals surface area contributed by atoms with E-state index in [0.29, 0.717) is 48.2 Å². The van der Waals surface area contributed by atoms with Gasteiger partial charge in [0.1, 0.15) is 17.2 Å². The fourth-order valence-electron chi connectivity index (χ4n) is 5.23. The largest absolute Gasteiger partial charge is 0.387 e. The van der Waals surface area contributed by atoms with E-state index in [9.17, 15) is 14.3 Å². The maximum Gasteiger partial charge on any atom is 0.261 e. The minimum Gasteiger partial charge on any atom is -0.387 e. The highest BCUT2D eigenvalue weighted by molar-refractivity contribution is 6.31. The van der Waals surface area contributed by atoms with Gasteiger partial charge in [0.15, 0.2) is 0 Å². The molecule has 30 heavy (non-hydrogen) atoms. The fraction of sp³-hybridized carbons (Fsp3) is 0.524. The summed E-state index contributed by atoms with van der Waals surface area (Å²) in [5.74, 6) is 0.153. The van der Waals surface area contributed by atoms with Crippen molar-refractivity contribution in [1.29, 1.82) is 0 Å². The van der Waals surface area contributed by atoms with Gasteiger partial charge in [0.05, 0.1) is 22.9 Å². The van der Waals surface area contributed by atoms with E-state index in [4.69, 9.17) is 22.1 Å². The summed E-state index contributed by atoms with van der Waals surface area (Å²) >= 11 is 5.82. The second-order valence-electron chi connectivity index (χ2n) is 8.61. The lowest BCUT2D eigenvalue weighted by Gasteiger charge is -2.23. The number of hydrogen-bond acceptors (Lipinski definition) is 5. The highest BCUT2D eigenvalue weighted by Crippen LogP contribution is 2.54. The van der Waals surface area contributed by atoms with Crippen molar-refractivity contribution in [3.05, 3.63) is 40.3 Å². The monoisotopic (exact) mass is 436 g/mol. The van der Waals surface area contributed by atoms with Crippen molar-refractivity contribution in [3.8, 4) is 0 Å². The first-order valence-electron chi connectivity index (χ1n) is 10.0. The molecule has 0 saturated heterocycles. The lowest BCUT2D eigenvalue weighted by atomic mass is 9.92. The second-order valence-corrected chi connectivity index (χ2v) is 9.01. The molecule has 2 aromatic rings. The Bertz CT molecular complexity index is 965. The van der Waals surface area contributed by atoms with E-state index >= 15 is 0 Å². The Kier molecular flexibility index (Phi) is 5.50. The van der Waals surface area contributed by atoms with Crippen molar-refractivity contribution >= 4 is 29.0 Å². The first kappa shape index (κ1) is 21.1. The van der Waals surface area contributed by atoms with E-state index in [2.05, 4.69) is 10.4 Å². The number of fused-ring (bicyclic) bond motifs is 1. The predicted molar refractivity (Wildman–Crippen MR) is 112 cm³/mol. The first-order chi connectivity index (χ1) is 14.2. The average Bonchev–Trinajstić information content (AvgIpc) is 3.28. The van der Waals surface area contributed by atoms with Gasteiger partial charge < -0.3 is 20.9 Å². The fourth-order valence-corrected chi connectivity index (χ4v) is 5.41. The van der Waals surface area contributed by atoms with Crippen LogP contribution in [0.25, 0.3) is 0 Å². The summed E-state index contributed by atoms with van der Waals surface area (Å²) in [4.78, 5) is 13.0. The number of aliphatic hydroxyl groups is 1. The number of nitrogen functional groups attached to an aromatic ring is 1. The number of halogens is 2. The highest BCUT2D eigenvalue weighted by Gasteiger charge is 2.50. The van der Waals surface area contributed by atoms with Crippen LogP contribution in [-0.4, -0.2) is 40.1 Å². The van der Waals surface area contributed by atoms with Crippen LogP contribution < -0.4 is 11.1 Å². The molecule has 1 aromatic heterocycles. The molecule has 0 spiro atoms. The van der Waals surface area contributed by atoms with Gasteiger partial charge >= 0.3 is 0 Å². The number of ether oxygens (including phenoxy) is 1. The van der Waals surface area contributed by atoms with Crippen LogP contribution in [0.2, 0.25) is 5.02 Å². The molecule has 2 aliphatic carbocycles. The van der Waals surface area contributed by atoms with Crippen molar-refractivity contribution in [1.82, 2.24) is 9.78 Å². The number of amides is 1. The Morgan fingerprint density at radius 1 is 1.43 bits per heavy atom. The third-order valence-electron chi connectivity index (χ3n) is 6.45. The van der Waals surface area contributed by atoms with Crippen LogP contribution in [0.4, 0.5) is 15.9 Å². The van der Waals surface area contributed by atoms with E-state index in [1.807, 2.05) is 0 Å². The molecule has 0 bridgehead atoms. The molecule has 4 N–H and O–H groups in total. The SMILES string of the molecule is COCC1(O)CC2CC(c3nn(C)c(N)c3C(=O)Nc3ccc(F)c(Cl)c3)CC2C1. The molecule has 2 fully saturated rings. The van der Waals surface area contributed by atoms with Crippen LogP contribution in [-0.2, 0) is 11.8 Å². The minimum absolute atomic E-state index is 0.0701. The number of nitrogens with zero attached hydrogens (tertiary/aromatic N) is 2. The summed E-state index contributed by atoms with van der Waals surface area (Å²) in [6, 6.07) is 4.00. The molecule has 1 amide bonds. The Hall–Kier alpha value is -2.16. The summed E-state index contributed by atoms with van der Waals surface area (Å²) in [6.45, 7) is 0.342. The van der Waals surface area contributed by atoms with Gasteiger partial charge in [-0.3, -0.25) is 9.48 Å². The molecule has 162 valence electrons. The lowest BCUT2D eigenvalue weighted by molar-refractivity contribution is -0.0317. The van der Waals surface area contributed by atoms with Gasteiger partial charge in [-0.1, -0.05) is 11.6 Å². The van der Waals surface area contributed by atoms with Crippen molar-refractivity contribution in [2.45, 2.75) is 37.2 Å². The molecule has 1 aromatic carbocycles. The molecule has 2 aliphatic rings. The number of anilines is 2. The van der Waals surface area contributed by atoms with Crippen molar-refractivity contribution < 1.29 is 19.0 Å². The Morgan fingerprint density at radius 2 is 2.10 bits per heavy atom. The Morgan fingerprint density at radius 3 is 2.70 bits per heavy atom. The van der Waals surface area contributed by atoms with Gasteiger partial charge in [-0.05, 0) is 55.7 Å². The zero-order valence-corrected chi connectivity index (χ0v) is 17.7. The number of rotatable bonds is 5. The maximum atomic E-state index is 13.4. The molecular weight excluding hydrogens is 411 g/mol. The Balaban J connectivity index is 1.54. The normalized spacial score (nSPS) is 28.0. The molecule has 7 nitrogen and oxygen atoms in total. The van der Waals surface area contributed by atoms with E-state index < -0.39 is 17.3 Å². The maximum absolute atomic E-state index is 13.4. The quantitative estimate of drug-likeness (QED) is 0.667. The molecule has 2 unspecified atom stereocenters. The molecular formula is C21H26ClFN4O3. The molecule has 9 heteroatoms. The highest BCUT2D eigenvalue weighted by atomic mass is 35.5. The molecule has 2 atom stereocenters. The third kappa shape index (κ3) is 3.79. The lowest BCUT2D eigenvalue weighted by Crippen LogP contribution is -2.31. The van der Waals surface area contributed by atoms with Crippen LogP contribution in [0, 0.1) is 17.7 Å². The zero-order chi connectivity index (χ0) is 21.6. The van der Waals surface area contributed by atoms with Crippen LogP contribution in [0.1, 0.15) is 47.7 Å². The third-order valence-corrected chi connectivity index (χ3v) is 6.74. The summed E-state index contributed by atoms with van der Waals surface area (Å²) in [7, 11) is 3.31. The summed E-state index contributed by atoms with van der Waals surface area (Å²) in [5.41, 5.74) is 6.81. The van der Waals surface area contributed by atoms with Crippen LogP contribution in [0.3, 0.4) is 0 Å².